The Kier molecular flexibility index (Phi) is 3.31. The third-order valence-corrected chi connectivity index (χ3v) is 4.44. The first-order valence-electron chi connectivity index (χ1n) is 7.13. The third kappa shape index (κ3) is 2.27. The molecule has 1 fully saturated rings. The second kappa shape index (κ2) is 4.96. The van der Waals surface area contributed by atoms with Crippen molar-refractivity contribution in [2.45, 2.75) is 44.1 Å². The lowest BCUT2D eigenvalue weighted by atomic mass is 9.94. The van der Waals surface area contributed by atoms with E-state index in [0.29, 0.717) is 5.92 Å². The van der Waals surface area contributed by atoms with Gasteiger partial charge in [-0.25, -0.2) is 4.98 Å². The molecule has 0 aliphatic carbocycles. The molecule has 2 aliphatic heterocycles. The zero-order chi connectivity index (χ0) is 13.4. The smallest absolute Gasteiger partial charge is 0.312 e. The van der Waals surface area contributed by atoms with Gasteiger partial charge < -0.3 is 14.6 Å². The van der Waals surface area contributed by atoms with Crippen LogP contribution in [0.4, 0.5) is 0 Å². The van der Waals surface area contributed by atoms with Crippen molar-refractivity contribution < 1.29 is 9.90 Å². The maximum atomic E-state index is 11.3. The Balaban J connectivity index is 1.90. The van der Waals surface area contributed by atoms with Gasteiger partial charge in [0.05, 0.1) is 11.6 Å². The van der Waals surface area contributed by atoms with Crippen molar-refractivity contribution in [2.24, 2.45) is 0 Å². The number of fused-ring (bicyclic) bond motifs is 1. The predicted octanol–water partition coefficient (Wildman–Crippen LogP) is 1.65. The fraction of sp³-hybridized carbons (Fsp3) is 0.714. The molecule has 1 aromatic heterocycles. The van der Waals surface area contributed by atoms with Crippen LogP contribution in [-0.2, 0) is 11.3 Å². The van der Waals surface area contributed by atoms with Crippen LogP contribution in [0.5, 0.6) is 0 Å². The Hall–Kier alpha value is -1.36. The quantitative estimate of drug-likeness (QED) is 0.881. The van der Waals surface area contributed by atoms with Crippen LogP contribution in [0.15, 0.2) is 6.20 Å². The topological polar surface area (TPSA) is 58.4 Å². The van der Waals surface area contributed by atoms with Gasteiger partial charge in [-0.3, -0.25) is 4.79 Å². The summed E-state index contributed by atoms with van der Waals surface area (Å²) in [7, 11) is 2.15. The van der Waals surface area contributed by atoms with E-state index >= 15 is 0 Å². The highest BCUT2D eigenvalue weighted by Gasteiger charge is 2.31. The summed E-state index contributed by atoms with van der Waals surface area (Å²) in [5, 5.41) is 9.30. The van der Waals surface area contributed by atoms with Gasteiger partial charge in [0.15, 0.2) is 0 Å². The average Bonchev–Trinajstić information content (AvgIpc) is 2.82. The number of likely N-dealkylation sites (N-methyl/N-ethyl adjacent to an activating group) is 1. The lowest BCUT2D eigenvalue weighted by molar-refractivity contribution is -0.139. The summed E-state index contributed by atoms with van der Waals surface area (Å²) in [5.74, 6) is 0.483. The number of hydrogen-bond donors (Lipinski definition) is 1. The van der Waals surface area contributed by atoms with Gasteiger partial charge >= 0.3 is 5.97 Å². The SMILES string of the molecule is CN1CCCC(c2ncc3n2CCCC3C(=O)O)C1. The third-order valence-electron chi connectivity index (χ3n) is 4.44. The van der Waals surface area contributed by atoms with Crippen molar-refractivity contribution >= 4 is 5.97 Å². The monoisotopic (exact) mass is 263 g/mol. The Morgan fingerprint density at radius 1 is 1.37 bits per heavy atom. The van der Waals surface area contributed by atoms with Gasteiger partial charge in [-0.05, 0) is 39.3 Å². The predicted molar refractivity (Wildman–Crippen MR) is 71.3 cm³/mol. The number of likely N-dealkylation sites (tertiary alicyclic amines) is 1. The molecule has 3 rings (SSSR count). The summed E-state index contributed by atoms with van der Waals surface area (Å²) in [6.45, 7) is 3.12. The molecule has 0 saturated carbocycles. The number of rotatable bonds is 2. The zero-order valence-corrected chi connectivity index (χ0v) is 11.4. The molecule has 104 valence electrons. The van der Waals surface area contributed by atoms with E-state index in [1.54, 1.807) is 6.20 Å². The van der Waals surface area contributed by atoms with Gasteiger partial charge in [-0.15, -0.1) is 0 Å². The molecule has 3 heterocycles. The number of aliphatic carboxylic acids is 1. The van der Waals surface area contributed by atoms with E-state index in [-0.39, 0.29) is 5.92 Å². The van der Waals surface area contributed by atoms with E-state index in [2.05, 4.69) is 21.5 Å². The first-order valence-corrected chi connectivity index (χ1v) is 7.13. The maximum absolute atomic E-state index is 11.3. The van der Waals surface area contributed by atoms with Gasteiger partial charge in [0, 0.05) is 25.2 Å². The van der Waals surface area contributed by atoms with E-state index in [4.69, 9.17) is 0 Å². The molecule has 1 saturated heterocycles. The van der Waals surface area contributed by atoms with Crippen LogP contribution in [0.25, 0.3) is 0 Å². The Morgan fingerprint density at radius 3 is 2.89 bits per heavy atom. The minimum atomic E-state index is -0.715. The summed E-state index contributed by atoms with van der Waals surface area (Å²) >= 11 is 0. The molecular formula is C14H21N3O2. The van der Waals surface area contributed by atoms with E-state index in [0.717, 1.165) is 44.0 Å². The number of carboxylic acid groups (broad SMARTS) is 1. The van der Waals surface area contributed by atoms with Crippen LogP contribution in [0.1, 0.15) is 49.0 Å². The van der Waals surface area contributed by atoms with Crippen LogP contribution in [0.2, 0.25) is 0 Å². The maximum Gasteiger partial charge on any atom is 0.312 e. The Labute approximate surface area is 113 Å². The number of hydrogen-bond acceptors (Lipinski definition) is 3. The number of aromatic nitrogens is 2. The number of carboxylic acids is 1. The molecule has 2 unspecified atom stereocenters. The lowest BCUT2D eigenvalue weighted by Gasteiger charge is -2.31. The van der Waals surface area contributed by atoms with E-state index in [1.807, 2.05) is 0 Å². The molecule has 0 spiro atoms. The second-order valence-electron chi connectivity index (χ2n) is 5.83. The van der Waals surface area contributed by atoms with E-state index in [1.165, 1.54) is 12.8 Å². The van der Waals surface area contributed by atoms with Crippen LogP contribution in [0, 0.1) is 0 Å². The van der Waals surface area contributed by atoms with Gasteiger partial charge in [0.25, 0.3) is 0 Å². The average molecular weight is 263 g/mol. The van der Waals surface area contributed by atoms with Crippen molar-refractivity contribution in [2.75, 3.05) is 20.1 Å². The highest BCUT2D eigenvalue weighted by molar-refractivity contribution is 5.75. The molecule has 1 N–H and O–H groups in total. The molecule has 0 bridgehead atoms. The summed E-state index contributed by atoms with van der Waals surface area (Å²) in [4.78, 5) is 18.2. The van der Waals surface area contributed by atoms with Crippen molar-refractivity contribution in [3.05, 3.63) is 17.7 Å². The number of imidazole rings is 1. The standard InChI is InChI=1S/C14H21N3O2/c1-16-6-2-4-10(9-16)13-15-8-12-11(14(18)19)5-3-7-17(12)13/h8,10-11H,2-7,9H2,1H3,(H,18,19). The van der Waals surface area contributed by atoms with Crippen LogP contribution >= 0.6 is 0 Å². The zero-order valence-electron chi connectivity index (χ0n) is 11.4. The molecule has 1 aromatic rings. The summed E-state index contributed by atoms with van der Waals surface area (Å²) < 4.78 is 2.17. The van der Waals surface area contributed by atoms with Crippen LogP contribution < -0.4 is 0 Å². The van der Waals surface area contributed by atoms with Gasteiger partial charge in [-0.2, -0.15) is 0 Å². The van der Waals surface area contributed by atoms with Crippen LogP contribution in [-0.4, -0.2) is 45.7 Å². The molecule has 5 nitrogen and oxygen atoms in total. The number of nitrogens with zero attached hydrogens (tertiary/aromatic N) is 3. The summed E-state index contributed by atoms with van der Waals surface area (Å²) in [6.07, 6.45) is 5.84. The van der Waals surface area contributed by atoms with E-state index in [9.17, 15) is 9.90 Å². The molecule has 2 atom stereocenters. The highest BCUT2D eigenvalue weighted by atomic mass is 16.4. The fourth-order valence-electron chi connectivity index (χ4n) is 3.48. The minimum Gasteiger partial charge on any atom is -0.481 e. The fourth-order valence-corrected chi connectivity index (χ4v) is 3.48. The van der Waals surface area contributed by atoms with Crippen LogP contribution in [0.3, 0.4) is 0 Å². The van der Waals surface area contributed by atoms with Gasteiger partial charge in [-0.1, -0.05) is 0 Å². The lowest BCUT2D eigenvalue weighted by Crippen LogP contribution is -2.33. The van der Waals surface area contributed by atoms with E-state index < -0.39 is 5.97 Å². The normalized spacial score (nSPS) is 28.1. The highest BCUT2D eigenvalue weighted by Crippen LogP contribution is 2.33. The van der Waals surface area contributed by atoms with Crippen molar-refractivity contribution in [3.63, 3.8) is 0 Å². The summed E-state index contributed by atoms with van der Waals surface area (Å²) in [6, 6.07) is 0. The second-order valence-corrected chi connectivity index (χ2v) is 5.83. The Bertz CT molecular complexity index is 483. The molecular weight excluding hydrogens is 242 g/mol. The summed E-state index contributed by atoms with van der Waals surface area (Å²) in [5.41, 5.74) is 0.905. The largest absolute Gasteiger partial charge is 0.481 e. The van der Waals surface area contributed by atoms with Gasteiger partial charge in [0.1, 0.15) is 5.82 Å². The molecule has 19 heavy (non-hydrogen) atoms. The minimum absolute atomic E-state index is 0.365. The number of carbonyl (C=O) groups is 1. The first-order chi connectivity index (χ1) is 9.16. The van der Waals surface area contributed by atoms with Crippen molar-refractivity contribution in [1.82, 2.24) is 14.5 Å². The molecule has 2 aliphatic rings. The Morgan fingerprint density at radius 2 is 2.16 bits per heavy atom. The van der Waals surface area contributed by atoms with Crippen molar-refractivity contribution in [3.8, 4) is 0 Å². The molecule has 0 aromatic carbocycles. The van der Waals surface area contributed by atoms with Gasteiger partial charge in [0.2, 0.25) is 0 Å². The van der Waals surface area contributed by atoms with Crippen molar-refractivity contribution in [1.29, 1.82) is 0 Å². The molecule has 0 amide bonds. The molecule has 5 heteroatoms. The first kappa shape index (κ1) is 12.7. The number of piperidine rings is 1. The molecule has 0 radical (unpaired) electrons.